The third-order valence-electron chi connectivity index (χ3n) is 7.57. The van der Waals surface area contributed by atoms with Crippen molar-refractivity contribution in [2.45, 2.75) is 63.3 Å². The second-order valence-electron chi connectivity index (χ2n) is 10.3. The molecule has 0 aromatic heterocycles. The standard InChI is InChI=1S/C32H35NO8/c33-32(40)30-20(17-34)13-12-19(31(30)39)16-21(35)14-15-28(37)27(36)10-5-11-29(38)41-18-26-24-8-3-1-6-22(24)23-7-2-4-9-25(23)26/h1-4,6-9,12-13,26-28,34,36-37,39H,5,10-11,14-18H2,(H2,33,40). The van der Waals surface area contributed by atoms with Gasteiger partial charge in [-0.15, -0.1) is 0 Å². The van der Waals surface area contributed by atoms with Crippen molar-refractivity contribution >= 4 is 17.7 Å². The lowest BCUT2D eigenvalue weighted by molar-refractivity contribution is -0.144. The van der Waals surface area contributed by atoms with E-state index >= 15 is 0 Å². The summed E-state index contributed by atoms with van der Waals surface area (Å²) in [5.41, 5.74) is 9.92. The largest absolute Gasteiger partial charge is 0.507 e. The highest BCUT2D eigenvalue weighted by atomic mass is 16.5. The molecule has 1 aliphatic rings. The molecular formula is C32H35NO8. The molecule has 216 valence electrons. The molecule has 41 heavy (non-hydrogen) atoms. The topological polar surface area (TPSA) is 167 Å². The summed E-state index contributed by atoms with van der Waals surface area (Å²) in [6, 6.07) is 19.0. The number of fused-ring (bicyclic) bond motifs is 3. The normalized spacial score (nSPS) is 13.7. The molecule has 6 N–H and O–H groups in total. The summed E-state index contributed by atoms with van der Waals surface area (Å²) in [4.78, 5) is 36.5. The molecule has 0 spiro atoms. The van der Waals surface area contributed by atoms with Gasteiger partial charge in [0.15, 0.2) is 0 Å². The predicted octanol–water partition coefficient (Wildman–Crippen LogP) is 3.12. The number of ketones is 1. The van der Waals surface area contributed by atoms with Crippen LogP contribution in [0.2, 0.25) is 0 Å². The van der Waals surface area contributed by atoms with Gasteiger partial charge in [0.2, 0.25) is 0 Å². The number of hydrogen-bond donors (Lipinski definition) is 5. The lowest BCUT2D eigenvalue weighted by atomic mass is 9.96. The number of aromatic hydroxyl groups is 1. The highest BCUT2D eigenvalue weighted by molar-refractivity contribution is 5.98. The van der Waals surface area contributed by atoms with Gasteiger partial charge in [0.05, 0.1) is 24.4 Å². The van der Waals surface area contributed by atoms with Gasteiger partial charge in [0, 0.05) is 30.7 Å². The van der Waals surface area contributed by atoms with Crippen LogP contribution in [0.3, 0.4) is 0 Å². The number of primary amides is 1. The van der Waals surface area contributed by atoms with Crippen LogP contribution in [0.25, 0.3) is 11.1 Å². The molecule has 3 aromatic rings. The number of Topliss-reactive ketones (excluding diaryl/α,β-unsaturated/α-hetero) is 1. The van der Waals surface area contributed by atoms with Gasteiger partial charge >= 0.3 is 5.97 Å². The molecule has 3 aromatic carbocycles. The third-order valence-corrected chi connectivity index (χ3v) is 7.57. The van der Waals surface area contributed by atoms with E-state index in [1.54, 1.807) is 0 Å². The quantitative estimate of drug-likeness (QED) is 0.187. The first kappa shape index (κ1) is 29.9. The Morgan fingerprint density at radius 2 is 1.41 bits per heavy atom. The van der Waals surface area contributed by atoms with Gasteiger partial charge in [-0.1, -0.05) is 60.7 Å². The van der Waals surface area contributed by atoms with Gasteiger partial charge in [-0.2, -0.15) is 0 Å². The van der Waals surface area contributed by atoms with Gasteiger partial charge in [-0.05, 0) is 47.1 Å². The summed E-state index contributed by atoms with van der Waals surface area (Å²) >= 11 is 0. The Bertz CT molecular complexity index is 1370. The molecule has 0 saturated carbocycles. The molecule has 1 amide bonds. The maximum absolute atomic E-state index is 12.4. The van der Waals surface area contributed by atoms with E-state index in [-0.39, 0.29) is 73.1 Å². The molecule has 2 unspecified atom stereocenters. The Morgan fingerprint density at radius 1 is 0.829 bits per heavy atom. The summed E-state index contributed by atoms with van der Waals surface area (Å²) < 4.78 is 5.57. The van der Waals surface area contributed by atoms with Crippen LogP contribution >= 0.6 is 0 Å². The zero-order chi connectivity index (χ0) is 29.5. The lowest BCUT2D eigenvalue weighted by Gasteiger charge is -2.18. The molecule has 0 aliphatic heterocycles. The number of hydrogen-bond acceptors (Lipinski definition) is 8. The molecule has 4 rings (SSSR count). The van der Waals surface area contributed by atoms with Crippen molar-refractivity contribution in [1.29, 1.82) is 0 Å². The van der Waals surface area contributed by atoms with E-state index in [9.17, 15) is 34.8 Å². The second-order valence-corrected chi connectivity index (χ2v) is 10.3. The van der Waals surface area contributed by atoms with E-state index in [1.807, 2.05) is 36.4 Å². The first-order valence-corrected chi connectivity index (χ1v) is 13.7. The number of benzene rings is 3. The number of nitrogens with two attached hydrogens (primary N) is 1. The molecular weight excluding hydrogens is 526 g/mol. The van der Waals surface area contributed by atoms with Crippen LogP contribution < -0.4 is 5.73 Å². The van der Waals surface area contributed by atoms with Crippen LogP contribution in [0.4, 0.5) is 0 Å². The Balaban J connectivity index is 1.19. The van der Waals surface area contributed by atoms with Gasteiger partial charge < -0.3 is 30.9 Å². The Labute approximate surface area is 238 Å². The summed E-state index contributed by atoms with van der Waals surface area (Å²) in [6.45, 7) is -0.273. The van der Waals surface area contributed by atoms with Crippen LogP contribution in [0.5, 0.6) is 5.75 Å². The van der Waals surface area contributed by atoms with Crippen LogP contribution in [0.15, 0.2) is 60.7 Å². The fraction of sp³-hybridized carbons (Fsp3) is 0.344. The lowest BCUT2D eigenvalue weighted by Crippen LogP contribution is -2.27. The summed E-state index contributed by atoms with van der Waals surface area (Å²) in [5.74, 6) is -2.11. The fourth-order valence-corrected chi connectivity index (χ4v) is 5.36. The molecule has 2 atom stereocenters. The van der Waals surface area contributed by atoms with Gasteiger partial charge in [-0.3, -0.25) is 14.4 Å². The molecule has 0 radical (unpaired) electrons. The summed E-state index contributed by atoms with van der Waals surface area (Å²) in [6.07, 6.45) is -2.03. The molecule has 0 bridgehead atoms. The average molecular weight is 562 g/mol. The highest BCUT2D eigenvalue weighted by Gasteiger charge is 2.29. The summed E-state index contributed by atoms with van der Waals surface area (Å²) in [7, 11) is 0. The first-order valence-electron chi connectivity index (χ1n) is 13.7. The highest BCUT2D eigenvalue weighted by Crippen LogP contribution is 2.44. The van der Waals surface area contributed by atoms with E-state index in [0.29, 0.717) is 6.42 Å². The fourth-order valence-electron chi connectivity index (χ4n) is 5.36. The minimum Gasteiger partial charge on any atom is -0.507 e. The number of amides is 1. The zero-order valence-corrected chi connectivity index (χ0v) is 22.7. The van der Waals surface area contributed by atoms with Crippen molar-refractivity contribution in [2.24, 2.45) is 5.73 Å². The minimum atomic E-state index is -1.17. The number of aliphatic hydroxyl groups is 3. The maximum Gasteiger partial charge on any atom is 0.305 e. The molecule has 1 aliphatic carbocycles. The van der Waals surface area contributed by atoms with Gasteiger partial charge in [-0.25, -0.2) is 0 Å². The van der Waals surface area contributed by atoms with E-state index in [1.165, 1.54) is 12.1 Å². The van der Waals surface area contributed by atoms with E-state index in [0.717, 1.165) is 22.3 Å². The number of carbonyl (C=O) groups is 3. The van der Waals surface area contributed by atoms with E-state index in [4.69, 9.17) is 10.5 Å². The summed E-state index contributed by atoms with van der Waals surface area (Å²) in [5, 5.41) is 40.3. The Kier molecular flexibility index (Phi) is 9.88. The van der Waals surface area contributed by atoms with Crippen molar-refractivity contribution in [2.75, 3.05) is 6.61 Å². The average Bonchev–Trinajstić information content (AvgIpc) is 3.29. The van der Waals surface area contributed by atoms with Crippen molar-refractivity contribution in [3.05, 3.63) is 88.5 Å². The SMILES string of the molecule is NC(=O)c1c(CO)ccc(CC(=O)CCC(O)C(O)CCCC(=O)OCC2c3ccccc3-c3ccccc32)c1O. The van der Waals surface area contributed by atoms with Crippen molar-refractivity contribution in [1.82, 2.24) is 0 Å². The minimum absolute atomic E-state index is 0.0108. The van der Waals surface area contributed by atoms with Gasteiger partial charge in [0.25, 0.3) is 5.91 Å². The van der Waals surface area contributed by atoms with Gasteiger partial charge in [0.1, 0.15) is 18.1 Å². The van der Waals surface area contributed by atoms with Crippen molar-refractivity contribution in [3.63, 3.8) is 0 Å². The van der Waals surface area contributed by atoms with E-state index < -0.39 is 30.5 Å². The van der Waals surface area contributed by atoms with Crippen molar-refractivity contribution < 1.29 is 39.5 Å². The van der Waals surface area contributed by atoms with Crippen LogP contribution in [-0.4, -0.2) is 56.9 Å². The number of carbonyl (C=O) groups excluding carboxylic acids is 3. The Morgan fingerprint density at radius 3 is 2.02 bits per heavy atom. The second kappa shape index (κ2) is 13.5. The third kappa shape index (κ3) is 7.00. The van der Waals surface area contributed by atoms with E-state index in [2.05, 4.69) is 12.1 Å². The van der Waals surface area contributed by atoms with Crippen molar-refractivity contribution in [3.8, 4) is 16.9 Å². The maximum atomic E-state index is 12.4. The smallest absolute Gasteiger partial charge is 0.305 e. The number of rotatable bonds is 14. The Hall–Kier alpha value is -4.05. The molecule has 0 fully saturated rings. The number of ether oxygens (including phenoxy) is 1. The molecule has 9 nitrogen and oxygen atoms in total. The monoisotopic (exact) mass is 561 g/mol. The van der Waals surface area contributed by atoms with Crippen LogP contribution in [-0.2, 0) is 27.4 Å². The number of aliphatic hydroxyl groups excluding tert-OH is 3. The molecule has 9 heteroatoms. The molecule has 0 saturated heterocycles. The first-order chi connectivity index (χ1) is 19.7. The van der Waals surface area contributed by atoms with Crippen LogP contribution in [0, 0.1) is 0 Å². The predicted molar refractivity (Wildman–Crippen MR) is 151 cm³/mol. The zero-order valence-electron chi connectivity index (χ0n) is 22.7. The van der Waals surface area contributed by atoms with Crippen LogP contribution in [0.1, 0.15) is 70.6 Å². The number of esters is 1. The number of phenols is 1. The molecule has 0 heterocycles.